The van der Waals surface area contributed by atoms with Crippen molar-refractivity contribution in [2.45, 2.75) is 12.5 Å². The van der Waals surface area contributed by atoms with E-state index >= 15 is 0 Å². The van der Waals surface area contributed by atoms with Crippen LogP contribution in [0.25, 0.3) is 0 Å². The van der Waals surface area contributed by atoms with Crippen molar-refractivity contribution < 1.29 is 18.3 Å². The van der Waals surface area contributed by atoms with Crippen LogP contribution in [0.1, 0.15) is 18.0 Å². The molecule has 0 aromatic heterocycles. The highest BCUT2D eigenvalue weighted by Crippen LogP contribution is 2.23. The zero-order chi connectivity index (χ0) is 10.8. The summed E-state index contributed by atoms with van der Waals surface area (Å²) in [5, 5.41) is 2.47. The van der Waals surface area contributed by atoms with E-state index in [4.69, 9.17) is 0 Å². The summed E-state index contributed by atoms with van der Waals surface area (Å²) in [5.41, 5.74) is 0.285. The highest BCUT2D eigenvalue weighted by molar-refractivity contribution is 5.68. The molecule has 1 atom stereocenters. The third-order valence-corrected chi connectivity index (χ3v) is 2.27. The summed E-state index contributed by atoms with van der Waals surface area (Å²) >= 11 is 0. The van der Waals surface area contributed by atoms with Crippen LogP contribution in [0.3, 0.4) is 0 Å². The number of nitrogens with one attached hydrogen (secondary N) is 1. The van der Waals surface area contributed by atoms with E-state index in [2.05, 4.69) is 10.1 Å². The molecule has 2 rings (SSSR count). The van der Waals surface area contributed by atoms with E-state index in [0.717, 1.165) is 6.07 Å². The monoisotopic (exact) mass is 213 g/mol. The first-order chi connectivity index (χ1) is 7.16. The van der Waals surface area contributed by atoms with Gasteiger partial charge in [-0.15, -0.1) is 0 Å². The average molecular weight is 213 g/mol. The van der Waals surface area contributed by atoms with E-state index in [1.54, 1.807) is 0 Å². The first kappa shape index (κ1) is 9.89. The maximum Gasteiger partial charge on any atom is 0.407 e. The quantitative estimate of drug-likeness (QED) is 0.776. The van der Waals surface area contributed by atoms with Crippen LogP contribution in [0.2, 0.25) is 0 Å². The largest absolute Gasteiger partial charge is 0.449 e. The lowest BCUT2D eigenvalue weighted by atomic mass is 10.0. The first-order valence-corrected chi connectivity index (χ1v) is 4.55. The number of cyclic esters (lactones) is 1. The molecule has 1 N–H and O–H groups in total. The number of amides is 1. The third kappa shape index (κ3) is 2.06. The summed E-state index contributed by atoms with van der Waals surface area (Å²) in [6.07, 6.45) is -0.0936. The Morgan fingerprint density at radius 2 is 2.20 bits per heavy atom. The lowest BCUT2D eigenvalue weighted by Gasteiger charge is -2.23. The standard InChI is InChI=1S/C10H9F2NO2/c11-6-1-2-7(8(12)5-6)9-3-4-15-10(14)13-9/h1-2,5,9H,3-4H2,(H,13,14)/t9-/m0/s1. The Bertz CT molecular complexity index is 395. The van der Waals surface area contributed by atoms with Gasteiger partial charge < -0.3 is 10.1 Å². The zero-order valence-electron chi connectivity index (χ0n) is 7.80. The second-order valence-corrected chi connectivity index (χ2v) is 3.29. The number of ether oxygens (including phenoxy) is 1. The van der Waals surface area contributed by atoms with Crippen molar-refractivity contribution >= 4 is 6.09 Å². The van der Waals surface area contributed by atoms with E-state index in [0.29, 0.717) is 6.42 Å². The Labute approximate surface area is 85.0 Å². The van der Waals surface area contributed by atoms with Crippen molar-refractivity contribution in [3.63, 3.8) is 0 Å². The van der Waals surface area contributed by atoms with Crippen LogP contribution in [-0.4, -0.2) is 12.7 Å². The van der Waals surface area contributed by atoms with Gasteiger partial charge in [-0.3, -0.25) is 0 Å². The molecule has 1 saturated heterocycles. The molecule has 1 aromatic carbocycles. The number of hydrogen-bond acceptors (Lipinski definition) is 2. The molecule has 80 valence electrons. The molecule has 1 aliphatic rings. The van der Waals surface area contributed by atoms with Crippen molar-refractivity contribution in [2.75, 3.05) is 6.61 Å². The van der Waals surface area contributed by atoms with Crippen molar-refractivity contribution in [1.82, 2.24) is 5.32 Å². The van der Waals surface area contributed by atoms with E-state index < -0.39 is 23.8 Å². The first-order valence-electron chi connectivity index (χ1n) is 4.55. The number of carbonyl (C=O) groups excluding carboxylic acids is 1. The van der Waals surface area contributed by atoms with Crippen molar-refractivity contribution in [2.24, 2.45) is 0 Å². The van der Waals surface area contributed by atoms with Crippen LogP contribution >= 0.6 is 0 Å². The number of benzene rings is 1. The van der Waals surface area contributed by atoms with Gasteiger partial charge >= 0.3 is 6.09 Å². The molecular weight excluding hydrogens is 204 g/mol. The number of alkyl carbamates (subject to hydrolysis) is 1. The molecule has 0 spiro atoms. The molecule has 0 bridgehead atoms. The molecule has 0 aliphatic carbocycles. The van der Waals surface area contributed by atoms with Crippen molar-refractivity contribution in [1.29, 1.82) is 0 Å². The summed E-state index contributed by atoms with van der Waals surface area (Å²) < 4.78 is 30.6. The molecule has 1 amide bonds. The van der Waals surface area contributed by atoms with Crippen molar-refractivity contribution in [3.05, 3.63) is 35.4 Å². The third-order valence-electron chi connectivity index (χ3n) is 2.27. The molecule has 1 heterocycles. The fraction of sp³-hybridized carbons (Fsp3) is 0.300. The Morgan fingerprint density at radius 1 is 1.40 bits per heavy atom. The summed E-state index contributed by atoms with van der Waals surface area (Å²) in [4.78, 5) is 10.9. The van der Waals surface area contributed by atoms with Gasteiger partial charge in [-0.05, 0) is 6.07 Å². The molecular formula is C10H9F2NO2. The summed E-state index contributed by atoms with van der Waals surface area (Å²) in [5.74, 6) is -1.28. The maximum atomic E-state index is 13.3. The molecule has 1 aromatic rings. The van der Waals surface area contributed by atoms with Crippen molar-refractivity contribution in [3.8, 4) is 0 Å². The number of carbonyl (C=O) groups is 1. The molecule has 5 heteroatoms. The minimum absolute atomic E-state index is 0.243. The lowest BCUT2D eigenvalue weighted by molar-refractivity contribution is 0.115. The van der Waals surface area contributed by atoms with E-state index in [9.17, 15) is 13.6 Å². The number of halogens is 2. The Balaban J connectivity index is 2.24. The van der Waals surface area contributed by atoms with Gasteiger partial charge in [0.1, 0.15) is 11.6 Å². The van der Waals surface area contributed by atoms with Gasteiger partial charge in [-0.25, -0.2) is 13.6 Å². The van der Waals surface area contributed by atoms with Gasteiger partial charge in [0.15, 0.2) is 0 Å². The molecule has 0 saturated carbocycles. The summed E-state index contributed by atoms with van der Waals surface area (Å²) in [6.45, 7) is 0.243. The highest BCUT2D eigenvalue weighted by Gasteiger charge is 2.23. The van der Waals surface area contributed by atoms with Gasteiger partial charge in [-0.1, -0.05) is 6.07 Å². The number of hydrogen-bond donors (Lipinski definition) is 1. The van der Waals surface area contributed by atoms with Crippen LogP contribution in [0, 0.1) is 11.6 Å². The van der Waals surface area contributed by atoms with Gasteiger partial charge in [-0.2, -0.15) is 0 Å². The normalized spacial score (nSPS) is 20.7. The van der Waals surface area contributed by atoms with E-state index in [1.165, 1.54) is 12.1 Å². The minimum atomic E-state index is -0.651. The second kappa shape index (κ2) is 3.84. The zero-order valence-corrected chi connectivity index (χ0v) is 7.80. The topological polar surface area (TPSA) is 38.3 Å². The minimum Gasteiger partial charge on any atom is -0.449 e. The summed E-state index contributed by atoms with van der Waals surface area (Å²) in [6, 6.07) is 2.87. The second-order valence-electron chi connectivity index (χ2n) is 3.29. The predicted octanol–water partition coefficient (Wildman–Crippen LogP) is 2.14. The van der Waals surface area contributed by atoms with Crippen LogP contribution in [0.5, 0.6) is 0 Å². The van der Waals surface area contributed by atoms with Gasteiger partial charge in [0.25, 0.3) is 0 Å². The maximum absolute atomic E-state index is 13.3. The van der Waals surface area contributed by atoms with Crippen LogP contribution in [0.15, 0.2) is 18.2 Å². The fourth-order valence-electron chi connectivity index (χ4n) is 1.54. The van der Waals surface area contributed by atoms with Gasteiger partial charge in [0, 0.05) is 18.1 Å². The molecule has 0 radical (unpaired) electrons. The Hall–Kier alpha value is -1.65. The van der Waals surface area contributed by atoms with E-state index in [-0.39, 0.29) is 12.2 Å². The average Bonchev–Trinajstić information content (AvgIpc) is 2.17. The van der Waals surface area contributed by atoms with Crippen LogP contribution < -0.4 is 5.32 Å². The lowest BCUT2D eigenvalue weighted by Crippen LogP contribution is -2.35. The molecule has 3 nitrogen and oxygen atoms in total. The van der Waals surface area contributed by atoms with Crippen LogP contribution in [-0.2, 0) is 4.74 Å². The van der Waals surface area contributed by atoms with Gasteiger partial charge in [0.05, 0.1) is 12.6 Å². The van der Waals surface area contributed by atoms with Crippen LogP contribution in [0.4, 0.5) is 13.6 Å². The molecule has 15 heavy (non-hydrogen) atoms. The smallest absolute Gasteiger partial charge is 0.407 e. The predicted molar refractivity (Wildman–Crippen MR) is 48.2 cm³/mol. The molecule has 1 fully saturated rings. The Kier molecular flexibility index (Phi) is 2.53. The molecule has 0 unspecified atom stereocenters. The fourth-order valence-corrected chi connectivity index (χ4v) is 1.54. The van der Waals surface area contributed by atoms with E-state index in [1.807, 2.05) is 0 Å². The number of rotatable bonds is 1. The molecule has 1 aliphatic heterocycles. The highest BCUT2D eigenvalue weighted by atomic mass is 19.1. The Morgan fingerprint density at radius 3 is 2.87 bits per heavy atom. The SMILES string of the molecule is O=C1N[C@H](c2ccc(F)cc2F)CCO1. The summed E-state index contributed by atoms with van der Waals surface area (Å²) in [7, 11) is 0. The van der Waals surface area contributed by atoms with Gasteiger partial charge in [0.2, 0.25) is 0 Å².